The van der Waals surface area contributed by atoms with E-state index in [0.717, 1.165) is 18.8 Å². The molecular weight excluding hydrogens is 257 g/mol. The van der Waals surface area contributed by atoms with Gasteiger partial charge < -0.3 is 15.5 Å². The number of benzene rings is 1. The van der Waals surface area contributed by atoms with Crippen LogP contribution in [-0.2, 0) is 4.79 Å². The van der Waals surface area contributed by atoms with Crippen molar-refractivity contribution in [2.24, 2.45) is 11.7 Å². The molecule has 0 aliphatic carbocycles. The maximum atomic E-state index is 12.9. The molecule has 0 spiro atoms. The average molecular weight is 279 g/mol. The number of carbonyl (C=O) groups is 1. The van der Waals surface area contributed by atoms with E-state index in [0.29, 0.717) is 13.1 Å². The van der Waals surface area contributed by atoms with Crippen molar-refractivity contribution < 1.29 is 9.18 Å². The molecule has 2 atom stereocenters. The SMILES string of the molecule is CC(N)C(C)C(=O)N1CCN(c2ccc(F)cc2)CC1. The summed E-state index contributed by atoms with van der Waals surface area (Å²) in [5, 5.41) is 0. The quantitative estimate of drug-likeness (QED) is 0.911. The lowest BCUT2D eigenvalue weighted by molar-refractivity contribution is -0.135. The minimum Gasteiger partial charge on any atom is -0.368 e. The molecule has 0 aromatic heterocycles. The van der Waals surface area contributed by atoms with Gasteiger partial charge in [-0.2, -0.15) is 0 Å². The van der Waals surface area contributed by atoms with Gasteiger partial charge in [0.2, 0.25) is 5.91 Å². The Kier molecular flexibility index (Phi) is 4.60. The molecule has 1 aliphatic heterocycles. The topological polar surface area (TPSA) is 49.6 Å². The van der Waals surface area contributed by atoms with E-state index in [4.69, 9.17) is 5.73 Å². The van der Waals surface area contributed by atoms with E-state index in [1.807, 2.05) is 18.7 Å². The van der Waals surface area contributed by atoms with Crippen molar-refractivity contribution in [3.05, 3.63) is 30.1 Å². The molecular formula is C15H22FN3O. The second-order valence-corrected chi connectivity index (χ2v) is 5.44. The Labute approximate surface area is 119 Å². The van der Waals surface area contributed by atoms with Crippen LogP contribution in [0.1, 0.15) is 13.8 Å². The summed E-state index contributed by atoms with van der Waals surface area (Å²) in [6.45, 7) is 6.64. The van der Waals surface area contributed by atoms with Gasteiger partial charge >= 0.3 is 0 Å². The van der Waals surface area contributed by atoms with Crippen LogP contribution in [-0.4, -0.2) is 43.0 Å². The van der Waals surface area contributed by atoms with Crippen LogP contribution in [0.3, 0.4) is 0 Å². The number of carbonyl (C=O) groups excluding carboxylic acids is 1. The Balaban J connectivity index is 1.92. The lowest BCUT2D eigenvalue weighted by atomic mass is 10.0. The Bertz CT molecular complexity index is 453. The number of nitrogens with two attached hydrogens (primary N) is 1. The van der Waals surface area contributed by atoms with Gasteiger partial charge in [-0.3, -0.25) is 4.79 Å². The van der Waals surface area contributed by atoms with E-state index in [9.17, 15) is 9.18 Å². The van der Waals surface area contributed by atoms with E-state index in [-0.39, 0.29) is 23.7 Å². The molecule has 2 unspecified atom stereocenters. The first kappa shape index (κ1) is 14.8. The molecule has 1 aromatic rings. The highest BCUT2D eigenvalue weighted by molar-refractivity contribution is 5.79. The summed E-state index contributed by atoms with van der Waals surface area (Å²) < 4.78 is 12.9. The van der Waals surface area contributed by atoms with E-state index in [2.05, 4.69) is 4.90 Å². The summed E-state index contributed by atoms with van der Waals surface area (Å²) in [6.07, 6.45) is 0. The number of hydrogen-bond donors (Lipinski definition) is 1. The Morgan fingerprint density at radius 2 is 1.70 bits per heavy atom. The Morgan fingerprint density at radius 1 is 1.15 bits per heavy atom. The lowest BCUT2D eigenvalue weighted by Gasteiger charge is -2.37. The predicted octanol–water partition coefficient (Wildman–Crippen LogP) is 1.46. The first-order valence-corrected chi connectivity index (χ1v) is 7.04. The molecule has 1 heterocycles. The fourth-order valence-corrected chi connectivity index (χ4v) is 2.35. The molecule has 5 heteroatoms. The predicted molar refractivity (Wildman–Crippen MR) is 78.0 cm³/mol. The first-order chi connectivity index (χ1) is 9.49. The highest BCUT2D eigenvalue weighted by atomic mass is 19.1. The number of halogens is 1. The highest BCUT2D eigenvalue weighted by Crippen LogP contribution is 2.18. The lowest BCUT2D eigenvalue weighted by Crippen LogP contribution is -2.52. The van der Waals surface area contributed by atoms with Gasteiger partial charge in [0, 0.05) is 37.9 Å². The zero-order valence-corrected chi connectivity index (χ0v) is 12.1. The number of piperazine rings is 1. The molecule has 4 nitrogen and oxygen atoms in total. The number of nitrogens with zero attached hydrogens (tertiary/aromatic N) is 2. The fourth-order valence-electron chi connectivity index (χ4n) is 2.35. The minimum absolute atomic E-state index is 0.124. The molecule has 2 N–H and O–H groups in total. The molecule has 1 aliphatic rings. The third-order valence-electron chi connectivity index (χ3n) is 3.96. The maximum Gasteiger partial charge on any atom is 0.227 e. The van der Waals surface area contributed by atoms with Crippen LogP contribution in [0.2, 0.25) is 0 Å². The zero-order valence-electron chi connectivity index (χ0n) is 12.1. The van der Waals surface area contributed by atoms with Crippen LogP contribution in [0.15, 0.2) is 24.3 Å². The molecule has 0 saturated carbocycles. The highest BCUT2D eigenvalue weighted by Gasteiger charge is 2.26. The molecule has 0 bridgehead atoms. The van der Waals surface area contributed by atoms with Crippen molar-refractivity contribution in [1.82, 2.24) is 4.90 Å². The third-order valence-corrected chi connectivity index (χ3v) is 3.96. The molecule has 1 amide bonds. The van der Waals surface area contributed by atoms with Gasteiger partial charge in [0.05, 0.1) is 5.92 Å². The summed E-state index contributed by atoms with van der Waals surface area (Å²) in [7, 11) is 0. The van der Waals surface area contributed by atoms with E-state index >= 15 is 0 Å². The molecule has 1 saturated heterocycles. The van der Waals surface area contributed by atoms with Gasteiger partial charge in [0.1, 0.15) is 5.82 Å². The van der Waals surface area contributed by atoms with Crippen molar-refractivity contribution in [3.8, 4) is 0 Å². The van der Waals surface area contributed by atoms with Crippen molar-refractivity contribution in [2.45, 2.75) is 19.9 Å². The van der Waals surface area contributed by atoms with Crippen LogP contribution >= 0.6 is 0 Å². The van der Waals surface area contributed by atoms with Crippen molar-refractivity contribution in [2.75, 3.05) is 31.1 Å². The summed E-state index contributed by atoms with van der Waals surface area (Å²) in [5.41, 5.74) is 6.78. The minimum atomic E-state index is -0.228. The van der Waals surface area contributed by atoms with Gasteiger partial charge in [0.15, 0.2) is 0 Å². The molecule has 20 heavy (non-hydrogen) atoms. The van der Waals surface area contributed by atoms with Gasteiger partial charge in [-0.15, -0.1) is 0 Å². The van der Waals surface area contributed by atoms with Crippen LogP contribution in [0, 0.1) is 11.7 Å². The first-order valence-electron chi connectivity index (χ1n) is 7.04. The number of rotatable bonds is 3. The van der Waals surface area contributed by atoms with Crippen molar-refractivity contribution >= 4 is 11.6 Å². The van der Waals surface area contributed by atoms with E-state index < -0.39 is 0 Å². The second-order valence-electron chi connectivity index (χ2n) is 5.44. The third kappa shape index (κ3) is 3.28. The van der Waals surface area contributed by atoms with Crippen molar-refractivity contribution in [3.63, 3.8) is 0 Å². The van der Waals surface area contributed by atoms with Gasteiger partial charge in [-0.05, 0) is 31.2 Å². The van der Waals surface area contributed by atoms with E-state index in [1.165, 1.54) is 12.1 Å². The number of amides is 1. The Hall–Kier alpha value is -1.62. The largest absolute Gasteiger partial charge is 0.368 e. The normalized spacial score (nSPS) is 18.8. The smallest absolute Gasteiger partial charge is 0.227 e. The molecule has 110 valence electrons. The summed E-state index contributed by atoms with van der Waals surface area (Å²) in [5.74, 6) is -0.251. The maximum absolute atomic E-state index is 12.9. The molecule has 2 rings (SSSR count). The van der Waals surface area contributed by atoms with Crippen molar-refractivity contribution in [1.29, 1.82) is 0 Å². The zero-order chi connectivity index (χ0) is 14.7. The van der Waals surface area contributed by atoms with Crippen LogP contribution in [0.25, 0.3) is 0 Å². The van der Waals surface area contributed by atoms with E-state index in [1.54, 1.807) is 12.1 Å². The van der Waals surface area contributed by atoms with Crippen LogP contribution < -0.4 is 10.6 Å². The molecule has 1 aromatic carbocycles. The Morgan fingerprint density at radius 3 is 2.20 bits per heavy atom. The average Bonchev–Trinajstić information content (AvgIpc) is 2.46. The van der Waals surface area contributed by atoms with Gasteiger partial charge in [-0.25, -0.2) is 4.39 Å². The van der Waals surface area contributed by atoms with Crippen LogP contribution in [0.5, 0.6) is 0 Å². The number of hydrogen-bond acceptors (Lipinski definition) is 3. The van der Waals surface area contributed by atoms with Gasteiger partial charge in [0.25, 0.3) is 0 Å². The molecule has 0 radical (unpaired) electrons. The van der Waals surface area contributed by atoms with Gasteiger partial charge in [-0.1, -0.05) is 6.92 Å². The summed E-state index contributed by atoms with van der Waals surface area (Å²) in [4.78, 5) is 16.2. The fraction of sp³-hybridized carbons (Fsp3) is 0.533. The second kappa shape index (κ2) is 6.22. The monoisotopic (exact) mass is 279 g/mol. The summed E-state index contributed by atoms with van der Waals surface area (Å²) >= 11 is 0. The molecule has 1 fully saturated rings. The summed E-state index contributed by atoms with van der Waals surface area (Å²) in [6, 6.07) is 6.35. The standard InChI is InChI=1S/C15H22FN3O/c1-11(12(2)17)15(20)19-9-7-18(8-10-19)14-5-3-13(16)4-6-14/h3-6,11-12H,7-10,17H2,1-2H3. The van der Waals surface area contributed by atoms with Crippen LogP contribution in [0.4, 0.5) is 10.1 Å². The number of anilines is 1.